The molecule has 0 aromatic heterocycles. The Morgan fingerprint density at radius 3 is 2.75 bits per heavy atom. The summed E-state index contributed by atoms with van der Waals surface area (Å²) >= 11 is 0. The number of likely N-dealkylation sites (N-methyl/N-ethyl adjacent to an activating group) is 1. The number of hydrogen-bond acceptors (Lipinski definition) is 4. The minimum atomic E-state index is 0.164. The Bertz CT molecular complexity index is 366. The maximum absolute atomic E-state index is 5.80. The van der Waals surface area contributed by atoms with Crippen LogP contribution in [0.25, 0.3) is 0 Å². The summed E-state index contributed by atoms with van der Waals surface area (Å²) in [7, 11) is 4.03. The second kappa shape index (κ2) is 4.72. The first-order valence-electron chi connectivity index (χ1n) is 5.49. The molecule has 2 N–H and O–H groups in total. The van der Waals surface area contributed by atoms with E-state index in [0.717, 1.165) is 17.1 Å². The number of ether oxygens (including phenoxy) is 2. The van der Waals surface area contributed by atoms with Gasteiger partial charge < -0.3 is 20.1 Å². The average molecular weight is 222 g/mol. The van der Waals surface area contributed by atoms with E-state index in [1.807, 2.05) is 32.3 Å². The summed E-state index contributed by atoms with van der Waals surface area (Å²) in [4.78, 5) is 2.09. The molecule has 1 unspecified atom stereocenters. The number of fused-ring (bicyclic) bond motifs is 1. The molecule has 4 nitrogen and oxygen atoms in total. The van der Waals surface area contributed by atoms with Gasteiger partial charge in [-0.15, -0.1) is 0 Å². The van der Waals surface area contributed by atoms with Crippen molar-refractivity contribution in [3.8, 4) is 11.5 Å². The lowest BCUT2D eigenvalue weighted by Gasteiger charge is -2.28. The van der Waals surface area contributed by atoms with Gasteiger partial charge in [-0.1, -0.05) is 12.1 Å². The predicted molar refractivity (Wildman–Crippen MR) is 62.9 cm³/mol. The first kappa shape index (κ1) is 11.2. The van der Waals surface area contributed by atoms with Gasteiger partial charge >= 0.3 is 0 Å². The van der Waals surface area contributed by atoms with Gasteiger partial charge in [-0.25, -0.2) is 0 Å². The highest BCUT2D eigenvalue weighted by atomic mass is 16.6. The Morgan fingerprint density at radius 2 is 2.06 bits per heavy atom. The van der Waals surface area contributed by atoms with E-state index in [4.69, 9.17) is 15.2 Å². The molecule has 1 heterocycles. The molecule has 1 atom stereocenters. The fourth-order valence-corrected chi connectivity index (χ4v) is 1.97. The van der Waals surface area contributed by atoms with Gasteiger partial charge in [-0.2, -0.15) is 0 Å². The molecule has 1 aromatic rings. The highest BCUT2D eigenvalue weighted by molar-refractivity contribution is 5.49. The van der Waals surface area contributed by atoms with Crippen LogP contribution in [0, 0.1) is 0 Å². The number of rotatable bonds is 3. The van der Waals surface area contributed by atoms with Crippen LogP contribution in [0.5, 0.6) is 11.5 Å². The van der Waals surface area contributed by atoms with Crippen molar-refractivity contribution >= 4 is 0 Å². The third kappa shape index (κ3) is 1.99. The number of para-hydroxylation sites is 1. The third-order valence-electron chi connectivity index (χ3n) is 2.80. The van der Waals surface area contributed by atoms with Crippen LogP contribution in [-0.4, -0.2) is 38.8 Å². The maximum atomic E-state index is 5.80. The molecule has 88 valence electrons. The molecule has 0 spiro atoms. The van der Waals surface area contributed by atoms with Gasteiger partial charge in [0.25, 0.3) is 0 Å². The minimum absolute atomic E-state index is 0.164. The Labute approximate surface area is 95.9 Å². The number of benzene rings is 1. The molecule has 0 fully saturated rings. The summed E-state index contributed by atoms with van der Waals surface area (Å²) in [6, 6.07) is 6.12. The second-order valence-electron chi connectivity index (χ2n) is 4.09. The lowest BCUT2D eigenvalue weighted by atomic mass is 10.0. The zero-order valence-corrected chi connectivity index (χ0v) is 9.77. The molecular weight excluding hydrogens is 204 g/mol. The van der Waals surface area contributed by atoms with E-state index >= 15 is 0 Å². The van der Waals surface area contributed by atoms with Crippen LogP contribution >= 0.6 is 0 Å². The van der Waals surface area contributed by atoms with E-state index in [-0.39, 0.29) is 6.04 Å². The van der Waals surface area contributed by atoms with E-state index in [9.17, 15) is 0 Å². The molecule has 0 aliphatic carbocycles. The van der Waals surface area contributed by atoms with Gasteiger partial charge in [0.05, 0.1) is 6.04 Å². The molecule has 0 saturated heterocycles. The van der Waals surface area contributed by atoms with Crippen LogP contribution in [0.1, 0.15) is 11.6 Å². The van der Waals surface area contributed by atoms with Crippen molar-refractivity contribution in [3.05, 3.63) is 23.8 Å². The summed E-state index contributed by atoms with van der Waals surface area (Å²) in [6.07, 6.45) is 0. The van der Waals surface area contributed by atoms with E-state index in [2.05, 4.69) is 4.90 Å². The third-order valence-corrected chi connectivity index (χ3v) is 2.80. The van der Waals surface area contributed by atoms with Crippen molar-refractivity contribution in [2.45, 2.75) is 6.04 Å². The Balaban J connectivity index is 2.39. The van der Waals surface area contributed by atoms with Crippen LogP contribution < -0.4 is 15.2 Å². The van der Waals surface area contributed by atoms with Gasteiger partial charge in [0, 0.05) is 12.1 Å². The molecule has 4 heteroatoms. The second-order valence-corrected chi connectivity index (χ2v) is 4.09. The number of hydrogen-bond donors (Lipinski definition) is 1. The van der Waals surface area contributed by atoms with Gasteiger partial charge in [-0.3, -0.25) is 0 Å². The fraction of sp³-hybridized carbons (Fsp3) is 0.500. The monoisotopic (exact) mass is 222 g/mol. The highest BCUT2D eigenvalue weighted by Crippen LogP contribution is 2.37. The number of nitrogens with two attached hydrogens (primary N) is 1. The molecule has 1 aliphatic heterocycles. The molecule has 0 saturated carbocycles. The Hall–Kier alpha value is -1.26. The van der Waals surface area contributed by atoms with E-state index in [0.29, 0.717) is 19.8 Å². The largest absolute Gasteiger partial charge is 0.486 e. The van der Waals surface area contributed by atoms with Crippen molar-refractivity contribution in [3.63, 3.8) is 0 Å². The van der Waals surface area contributed by atoms with Crippen LogP contribution in [0.15, 0.2) is 18.2 Å². The van der Waals surface area contributed by atoms with Crippen LogP contribution in [0.2, 0.25) is 0 Å². The Morgan fingerprint density at radius 1 is 1.31 bits per heavy atom. The minimum Gasteiger partial charge on any atom is -0.486 e. The van der Waals surface area contributed by atoms with Crippen molar-refractivity contribution < 1.29 is 9.47 Å². The van der Waals surface area contributed by atoms with E-state index < -0.39 is 0 Å². The Kier molecular flexibility index (Phi) is 3.31. The summed E-state index contributed by atoms with van der Waals surface area (Å²) in [6.45, 7) is 1.78. The van der Waals surface area contributed by atoms with Crippen LogP contribution in [0.3, 0.4) is 0 Å². The van der Waals surface area contributed by atoms with Crippen LogP contribution in [-0.2, 0) is 0 Å². The summed E-state index contributed by atoms with van der Waals surface area (Å²) in [5.74, 6) is 1.67. The molecule has 16 heavy (non-hydrogen) atoms. The zero-order chi connectivity index (χ0) is 11.5. The van der Waals surface area contributed by atoms with E-state index in [1.165, 1.54) is 0 Å². The van der Waals surface area contributed by atoms with Crippen molar-refractivity contribution in [1.29, 1.82) is 0 Å². The molecule has 1 aromatic carbocycles. The van der Waals surface area contributed by atoms with Crippen molar-refractivity contribution in [2.24, 2.45) is 5.73 Å². The standard InChI is InChI=1S/C12H18N2O2/c1-14(2)10(8-13)9-4-3-5-11-12(9)16-7-6-15-11/h3-5,10H,6-8,13H2,1-2H3. The summed E-state index contributed by atoms with van der Waals surface area (Å²) < 4.78 is 11.2. The molecule has 0 radical (unpaired) electrons. The quantitative estimate of drug-likeness (QED) is 0.829. The van der Waals surface area contributed by atoms with Crippen molar-refractivity contribution in [1.82, 2.24) is 4.90 Å². The predicted octanol–water partition coefficient (Wildman–Crippen LogP) is 1.02. The highest BCUT2D eigenvalue weighted by Gasteiger charge is 2.22. The molecular formula is C12H18N2O2. The topological polar surface area (TPSA) is 47.7 Å². The van der Waals surface area contributed by atoms with Gasteiger partial charge in [0.2, 0.25) is 0 Å². The fourth-order valence-electron chi connectivity index (χ4n) is 1.97. The molecule has 0 bridgehead atoms. The van der Waals surface area contributed by atoms with Crippen LogP contribution in [0.4, 0.5) is 0 Å². The normalized spacial score (nSPS) is 16.2. The SMILES string of the molecule is CN(C)C(CN)c1cccc2c1OCCO2. The van der Waals surface area contributed by atoms with E-state index in [1.54, 1.807) is 0 Å². The van der Waals surface area contributed by atoms with Gasteiger partial charge in [0.15, 0.2) is 11.5 Å². The van der Waals surface area contributed by atoms with Gasteiger partial charge in [-0.05, 0) is 20.2 Å². The summed E-state index contributed by atoms with van der Waals surface area (Å²) in [5.41, 5.74) is 6.90. The maximum Gasteiger partial charge on any atom is 0.166 e. The molecule has 2 rings (SSSR count). The molecule has 0 amide bonds. The lowest BCUT2D eigenvalue weighted by Crippen LogP contribution is -2.28. The smallest absolute Gasteiger partial charge is 0.166 e. The average Bonchev–Trinajstić information content (AvgIpc) is 2.30. The first-order chi connectivity index (χ1) is 7.74. The molecule has 1 aliphatic rings. The lowest BCUT2D eigenvalue weighted by molar-refractivity contribution is 0.165. The zero-order valence-electron chi connectivity index (χ0n) is 9.77. The van der Waals surface area contributed by atoms with Crippen molar-refractivity contribution in [2.75, 3.05) is 33.9 Å². The summed E-state index contributed by atoms with van der Waals surface area (Å²) in [5, 5.41) is 0. The number of nitrogens with zero attached hydrogens (tertiary/aromatic N) is 1. The first-order valence-corrected chi connectivity index (χ1v) is 5.49. The van der Waals surface area contributed by atoms with Gasteiger partial charge in [0.1, 0.15) is 13.2 Å².